The van der Waals surface area contributed by atoms with E-state index in [1.165, 1.54) is 5.56 Å². The molecule has 0 aliphatic carbocycles. The van der Waals surface area contributed by atoms with E-state index in [-0.39, 0.29) is 6.10 Å². The zero-order valence-electron chi connectivity index (χ0n) is 14.0. The summed E-state index contributed by atoms with van der Waals surface area (Å²) >= 11 is 0. The van der Waals surface area contributed by atoms with Gasteiger partial charge in [-0.1, -0.05) is 18.2 Å². The van der Waals surface area contributed by atoms with Crippen LogP contribution in [0.4, 0.5) is 0 Å². The minimum Gasteiger partial charge on any atom is -0.497 e. The minimum absolute atomic E-state index is 0.189. The standard InChI is InChI=1S/C19H25NO3/c1-15(2)23-19-9-4-6-16(12-19)14-20-10-11-22-18-8-5-7-17(13-18)21-3/h4-9,12-13,15,20H,10-11,14H2,1-3H3. The Morgan fingerprint density at radius 1 is 0.957 bits per heavy atom. The predicted octanol–water partition coefficient (Wildman–Crippen LogP) is 3.65. The molecule has 0 fully saturated rings. The average Bonchev–Trinajstić information content (AvgIpc) is 2.54. The number of hydrogen-bond donors (Lipinski definition) is 1. The van der Waals surface area contributed by atoms with Crippen molar-refractivity contribution in [3.8, 4) is 17.2 Å². The van der Waals surface area contributed by atoms with Crippen LogP contribution in [0.1, 0.15) is 19.4 Å². The van der Waals surface area contributed by atoms with Crippen LogP contribution < -0.4 is 19.5 Å². The molecule has 0 spiro atoms. The van der Waals surface area contributed by atoms with Crippen molar-refractivity contribution < 1.29 is 14.2 Å². The van der Waals surface area contributed by atoms with Gasteiger partial charge in [0.1, 0.15) is 23.9 Å². The van der Waals surface area contributed by atoms with Crippen molar-refractivity contribution in [3.63, 3.8) is 0 Å². The average molecular weight is 315 g/mol. The summed E-state index contributed by atoms with van der Waals surface area (Å²) in [7, 11) is 1.65. The molecule has 0 unspecified atom stereocenters. The van der Waals surface area contributed by atoms with Gasteiger partial charge in [-0.15, -0.1) is 0 Å². The summed E-state index contributed by atoms with van der Waals surface area (Å²) < 4.78 is 16.6. The maximum atomic E-state index is 5.70. The zero-order valence-corrected chi connectivity index (χ0v) is 14.0. The van der Waals surface area contributed by atoms with Gasteiger partial charge in [0.15, 0.2) is 0 Å². The van der Waals surface area contributed by atoms with Crippen LogP contribution in [0, 0.1) is 0 Å². The van der Waals surface area contributed by atoms with Gasteiger partial charge in [0.2, 0.25) is 0 Å². The van der Waals surface area contributed by atoms with E-state index in [2.05, 4.69) is 17.4 Å². The van der Waals surface area contributed by atoms with Gasteiger partial charge in [-0.05, 0) is 43.7 Å². The molecule has 0 atom stereocenters. The first-order valence-corrected chi connectivity index (χ1v) is 7.90. The molecule has 0 saturated carbocycles. The Morgan fingerprint density at radius 2 is 1.70 bits per heavy atom. The molecule has 4 nitrogen and oxygen atoms in total. The molecule has 0 aromatic heterocycles. The van der Waals surface area contributed by atoms with Crippen LogP contribution in [0.5, 0.6) is 17.2 Å². The fourth-order valence-corrected chi connectivity index (χ4v) is 2.17. The molecule has 0 aliphatic rings. The second-order valence-corrected chi connectivity index (χ2v) is 5.52. The van der Waals surface area contributed by atoms with Gasteiger partial charge in [-0.2, -0.15) is 0 Å². The first kappa shape index (κ1) is 17.2. The van der Waals surface area contributed by atoms with Crippen molar-refractivity contribution in [1.82, 2.24) is 5.32 Å². The normalized spacial score (nSPS) is 10.6. The minimum atomic E-state index is 0.189. The van der Waals surface area contributed by atoms with Crippen LogP contribution in [-0.2, 0) is 6.54 Å². The van der Waals surface area contributed by atoms with Crippen LogP contribution in [0.15, 0.2) is 48.5 Å². The lowest BCUT2D eigenvalue weighted by molar-refractivity contribution is 0.242. The number of nitrogens with one attached hydrogen (secondary N) is 1. The summed E-state index contributed by atoms with van der Waals surface area (Å²) in [6.45, 7) is 6.22. The van der Waals surface area contributed by atoms with Crippen LogP contribution >= 0.6 is 0 Å². The molecule has 0 amide bonds. The lowest BCUT2D eigenvalue weighted by Gasteiger charge is -2.12. The van der Waals surface area contributed by atoms with Crippen molar-refractivity contribution in [2.24, 2.45) is 0 Å². The highest BCUT2D eigenvalue weighted by atomic mass is 16.5. The summed E-state index contributed by atoms with van der Waals surface area (Å²) in [6.07, 6.45) is 0.189. The van der Waals surface area contributed by atoms with Gasteiger partial charge in [-0.25, -0.2) is 0 Å². The summed E-state index contributed by atoms with van der Waals surface area (Å²) in [6, 6.07) is 15.8. The second kappa shape index (κ2) is 9.06. The summed E-state index contributed by atoms with van der Waals surface area (Å²) in [5.74, 6) is 2.53. The smallest absolute Gasteiger partial charge is 0.123 e. The summed E-state index contributed by atoms with van der Waals surface area (Å²) in [4.78, 5) is 0. The molecule has 0 aliphatic heterocycles. The summed E-state index contributed by atoms with van der Waals surface area (Å²) in [5, 5.41) is 3.37. The number of hydrogen-bond acceptors (Lipinski definition) is 4. The number of benzene rings is 2. The Kier molecular flexibility index (Phi) is 6.76. The zero-order chi connectivity index (χ0) is 16.5. The third-order valence-electron chi connectivity index (χ3n) is 3.19. The Labute approximate surface area is 138 Å². The van der Waals surface area contributed by atoms with Crippen molar-refractivity contribution in [3.05, 3.63) is 54.1 Å². The fraction of sp³-hybridized carbons (Fsp3) is 0.368. The first-order valence-electron chi connectivity index (χ1n) is 7.90. The van der Waals surface area contributed by atoms with Crippen LogP contribution in [-0.4, -0.2) is 26.4 Å². The molecule has 2 aromatic rings. The number of rotatable bonds is 9. The Balaban J connectivity index is 1.71. The third kappa shape index (κ3) is 6.20. The lowest BCUT2D eigenvalue weighted by atomic mass is 10.2. The van der Waals surface area contributed by atoms with E-state index in [4.69, 9.17) is 14.2 Å². The Hall–Kier alpha value is -2.20. The van der Waals surface area contributed by atoms with Crippen molar-refractivity contribution >= 4 is 0 Å². The van der Waals surface area contributed by atoms with E-state index >= 15 is 0 Å². The largest absolute Gasteiger partial charge is 0.497 e. The van der Waals surface area contributed by atoms with Gasteiger partial charge in [0.25, 0.3) is 0 Å². The van der Waals surface area contributed by atoms with Crippen molar-refractivity contribution in [2.75, 3.05) is 20.3 Å². The Bertz CT molecular complexity index is 599. The SMILES string of the molecule is COc1cccc(OCCNCc2cccc(OC(C)C)c2)c1. The number of ether oxygens (including phenoxy) is 3. The molecular formula is C19H25NO3. The van der Waals surface area contributed by atoms with E-state index in [0.717, 1.165) is 30.3 Å². The molecule has 0 saturated heterocycles. The van der Waals surface area contributed by atoms with Gasteiger partial charge >= 0.3 is 0 Å². The van der Waals surface area contributed by atoms with Gasteiger partial charge in [-0.3, -0.25) is 0 Å². The highest BCUT2D eigenvalue weighted by Crippen LogP contribution is 2.18. The van der Waals surface area contributed by atoms with Gasteiger partial charge in [0.05, 0.1) is 13.2 Å². The molecule has 1 N–H and O–H groups in total. The summed E-state index contributed by atoms with van der Waals surface area (Å²) in [5.41, 5.74) is 1.20. The number of methoxy groups -OCH3 is 1. The van der Waals surface area contributed by atoms with Crippen molar-refractivity contribution in [2.45, 2.75) is 26.5 Å². The van der Waals surface area contributed by atoms with E-state index in [9.17, 15) is 0 Å². The van der Waals surface area contributed by atoms with Crippen LogP contribution in [0.2, 0.25) is 0 Å². The quantitative estimate of drug-likeness (QED) is 0.717. The van der Waals surface area contributed by atoms with E-state index in [0.29, 0.717) is 6.61 Å². The monoisotopic (exact) mass is 315 g/mol. The lowest BCUT2D eigenvalue weighted by Crippen LogP contribution is -2.20. The van der Waals surface area contributed by atoms with Crippen molar-refractivity contribution in [1.29, 1.82) is 0 Å². The van der Waals surface area contributed by atoms with Gasteiger partial charge in [0, 0.05) is 19.2 Å². The topological polar surface area (TPSA) is 39.7 Å². The highest BCUT2D eigenvalue weighted by molar-refractivity contribution is 5.32. The maximum absolute atomic E-state index is 5.70. The molecule has 4 heteroatoms. The molecule has 0 radical (unpaired) electrons. The second-order valence-electron chi connectivity index (χ2n) is 5.52. The fourth-order valence-electron chi connectivity index (χ4n) is 2.17. The van der Waals surface area contributed by atoms with E-state index in [1.54, 1.807) is 7.11 Å². The third-order valence-corrected chi connectivity index (χ3v) is 3.19. The molecule has 0 bridgehead atoms. The van der Waals surface area contributed by atoms with E-state index in [1.807, 2.05) is 50.2 Å². The van der Waals surface area contributed by atoms with E-state index < -0.39 is 0 Å². The predicted molar refractivity (Wildman–Crippen MR) is 92.4 cm³/mol. The molecule has 2 aromatic carbocycles. The molecule has 23 heavy (non-hydrogen) atoms. The molecular weight excluding hydrogens is 290 g/mol. The molecule has 2 rings (SSSR count). The maximum Gasteiger partial charge on any atom is 0.123 e. The highest BCUT2D eigenvalue weighted by Gasteiger charge is 2.00. The van der Waals surface area contributed by atoms with Crippen LogP contribution in [0.3, 0.4) is 0 Å². The Morgan fingerprint density at radius 3 is 2.48 bits per heavy atom. The molecule has 0 heterocycles. The first-order chi connectivity index (χ1) is 11.2. The molecule has 124 valence electrons. The van der Waals surface area contributed by atoms with Crippen LogP contribution in [0.25, 0.3) is 0 Å². The van der Waals surface area contributed by atoms with Gasteiger partial charge < -0.3 is 19.5 Å².